The summed E-state index contributed by atoms with van der Waals surface area (Å²) in [7, 11) is 0. The molecule has 0 saturated heterocycles. The fraction of sp³-hybridized carbons (Fsp3) is 0.447. The van der Waals surface area contributed by atoms with Crippen molar-refractivity contribution in [3.8, 4) is 5.75 Å². The molecule has 27 N–H and O–H groups in total. The van der Waals surface area contributed by atoms with Gasteiger partial charge in [-0.25, -0.2) is 4.79 Å². The number of carbonyl (C=O) groups is 16. The molecule has 0 aliphatic carbocycles. The van der Waals surface area contributed by atoms with Gasteiger partial charge in [-0.05, 0) is 115 Å². The van der Waals surface area contributed by atoms with Crippen molar-refractivity contribution in [2.24, 2.45) is 23.3 Å². The Morgan fingerprint density at radius 3 is 1.22 bits per heavy atom. The van der Waals surface area contributed by atoms with Crippen molar-refractivity contribution in [2.45, 2.75) is 177 Å². The predicted octanol–water partition coefficient (Wildman–Crippen LogP) is -1.98. The lowest BCUT2D eigenvalue weighted by Crippen LogP contribution is -2.61. The summed E-state index contributed by atoms with van der Waals surface area (Å²) >= 11 is 9.92. The van der Waals surface area contributed by atoms with Crippen LogP contribution < -0.4 is 91.2 Å². The van der Waals surface area contributed by atoms with E-state index in [1.165, 1.54) is 43.0 Å². The number of para-hydroxylation sites is 3. The van der Waals surface area contributed by atoms with Gasteiger partial charge in [-0.2, -0.15) is 37.0 Å². The summed E-state index contributed by atoms with van der Waals surface area (Å²) in [6.45, 7) is 5.61. The number of rotatable bonds is 53. The summed E-state index contributed by atoms with van der Waals surface area (Å²) in [4.78, 5) is 232. The number of nitrogens with one attached hydrogen (secondary N) is 19. The molecule has 3 aromatic heterocycles. The number of aliphatic hydroxyl groups excluding tert-OH is 1. The zero-order valence-electron chi connectivity index (χ0n) is 71.9. The summed E-state index contributed by atoms with van der Waals surface area (Å²) in [5.41, 5.74) is 15.2. The molecule has 0 aliphatic heterocycles. The van der Waals surface area contributed by atoms with Crippen molar-refractivity contribution in [3.05, 3.63) is 138 Å². The molecule has 0 fully saturated rings. The number of benzene rings is 4. The smallest absolute Gasteiger partial charge is 0.326 e. The number of thioether (sulfide) groups is 1. The van der Waals surface area contributed by atoms with Gasteiger partial charge in [-0.1, -0.05) is 94.4 Å². The zero-order chi connectivity index (χ0) is 94.7. The first-order valence-electron chi connectivity index (χ1n) is 41.6. The number of aromatic nitrogens is 3. The fourth-order valence-corrected chi connectivity index (χ4v) is 14.8. The number of aliphatic carboxylic acids is 2. The first kappa shape index (κ1) is 103. The summed E-state index contributed by atoms with van der Waals surface area (Å²) < 4.78 is 0. The van der Waals surface area contributed by atoms with Gasteiger partial charge in [0.1, 0.15) is 84.3 Å². The Kier molecular flexibility index (Phi) is 40.9. The molecule has 0 spiro atoms. The van der Waals surface area contributed by atoms with E-state index >= 15 is 4.79 Å². The van der Waals surface area contributed by atoms with Gasteiger partial charge in [-0.15, -0.1) is 0 Å². The molecule has 7 rings (SSSR count). The van der Waals surface area contributed by atoms with Crippen LogP contribution in [0, 0.1) is 17.2 Å². The van der Waals surface area contributed by atoms with Gasteiger partial charge in [-0.3, -0.25) is 77.3 Å². The molecule has 129 heavy (non-hydrogen) atoms. The van der Waals surface area contributed by atoms with Crippen LogP contribution >= 0.6 is 37.0 Å². The first-order chi connectivity index (χ1) is 61.4. The number of hydrogen-bond acceptors (Lipinski definition) is 23. The molecule has 14 amide bonds. The Balaban J connectivity index is 1.02. The third-order valence-corrected chi connectivity index (χ3v) is 22.0. The highest BCUT2D eigenvalue weighted by atomic mass is 32.2. The van der Waals surface area contributed by atoms with Crippen LogP contribution in [-0.2, 0) is 102 Å². The molecule has 0 unspecified atom stereocenters. The topological polar surface area (TPSA) is 658 Å². The van der Waals surface area contributed by atoms with E-state index in [0.29, 0.717) is 49.8 Å². The minimum atomic E-state index is -2.01. The number of phenols is 1. The van der Waals surface area contributed by atoms with Crippen molar-refractivity contribution in [3.63, 3.8) is 0 Å². The maximum atomic E-state index is 15.1. The van der Waals surface area contributed by atoms with Crippen LogP contribution in [0.15, 0.2) is 116 Å². The zero-order valence-corrected chi connectivity index (χ0v) is 74.5. The van der Waals surface area contributed by atoms with E-state index in [1.54, 1.807) is 125 Å². The molecule has 0 bridgehead atoms. The normalized spacial score (nSPS) is 14.3. The Labute approximate surface area is 757 Å². The molecule has 13 atom stereocenters. The van der Waals surface area contributed by atoms with Crippen LogP contribution in [0.2, 0.25) is 0 Å². The van der Waals surface area contributed by atoms with E-state index in [1.807, 2.05) is 0 Å². The molecule has 0 saturated carbocycles. The average molecular weight is 1850 g/mol. The minimum Gasteiger partial charge on any atom is -0.508 e. The molecule has 4 aromatic carbocycles. The number of aromatic amines is 3. The lowest BCUT2D eigenvalue weighted by molar-refractivity contribution is -0.143. The number of nitrogens with two attached hydrogens (primary N) is 2. The molecule has 0 aliphatic rings. The quantitative estimate of drug-likeness (QED) is 0.00850. The number of thiol groups is 2. The lowest BCUT2D eigenvalue weighted by Gasteiger charge is -2.27. The summed E-state index contributed by atoms with van der Waals surface area (Å²) in [6, 6.07) is 6.91. The monoisotopic (exact) mass is 1850 g/mol. The van der Waals surface area contributed by atoms with Crippen LogP contribution in [0.25, 0.3) is 32.7 Å². The number of carboxylic acids is 2. The highest BCUT2D eigenvalue weighted by Crippen LogP contribution is 2.24. The number of amides is 14. The number of aliphatic hydroxyl groups is 1. The number of H-pyrrole nitrogens is 3. The number of aromatic hydroxyl groups is 1. The van der Waals surface area contributed by atoms with E-state index in [4.69, 9.17) is 16.9 Å². The molecule has 0 radical (unpaired) electrons. The van der Waals surface area contributed by atoms with Crippen molar-refractivity contribution in [1.82, 2.24) is 94.7 Å². The Morgan fingerprint density at radius 1 is 0.426 bits per heavy atom. The van der Waals surface area contributed by atoms with Crippen molar-refractivity contribution < 1.29 is 97.1 Å². The number of carboxylic acid groups (broad SMARTS) is 2. The second-order valence-corrected chi connectivity index (χ2v) is 33.3. The second kappa shape index (κ2) is 51.2. The average Bonchev–Trinajstić information content (AvgIpc) is 1.73. The van der Waals surface area contributed by atoms with Gasteiger partial charge in [0.15, 0.2) is 5.96 Å². The van der Waals surface area contributed by atoms with Crippen LogP contribution in [0.3, 0.4) is 0 Å². The van der Waals surface area contributed by atoms with Gasteiger partial charge in [0, 0.05) is 95.0 Å². The Hall–Kier alpha value is -12.9. The molecular weight excluding hydrogens is 1730 g/mol. The second-order valence-electron chi connectivity index (χ2n) is 31.6. The van der Waals surface area contributed by atoms with Gasteiger partial charge in [0.2, 0.25) is 82.7 Å². The van der Waals surface area contributed by atoms with Gasteiger partial charge < -0.3 is 127 Å². The Bertz CT molecular complexity index is 5110. The van der Waals surface area contributed by atoms with Crippen LogP contribution in [-0.4, -0.2) is 264 Å². The van der Waals surface area contributed by atoms with Gasteiger partial charge in [0.25, 0.3) is 0 Å². The first-order valence-corrected chi connectivity index (χ1v) is 44.3. The molecular formula is C85H115N21O20S3. The number of fused-ring (bicyclic) bond motifs is 3. The highest BCUT2D eigenvalue weighted by molar-refractivity contribution is 7.98. The van der Waals surface area contributed by atoms with Crippen LogP contribution in [0.1, 0.15) is 95.4 Å². The number of phenolic OH excluding ortho intramolecular Hbond substituents is 1. The highest BCUT2D eigenvalue weighted by Gasteiger charge is 2.39. The third-order valence-electron chi connectivity index (χ3n) is 20.6. The van der Waals surface area contributed by atoms with Crippen LogP contribution in [0.5, 0.6) is 5.75 Å². The predicted molar refractivity (Wildman–Crippen MR) is 486 cm³/mol. The van der Waals surface area contributed by atoms with Crippen molar-refractivity contribution >= 4 is 170 Å². The van der Waals surface area contributed by atoms with Gasteiger partial charge >= 0.3 is 11.9 Å². The van der Waals surface area contributed by atoms with E-state index in [-0.39, 0.29) is 87.7 Å². The van der Waals surface area contributed by atoms with Crippen molar-refractivity contribution in [1.29, 1.82) is 5.41 Å². The summed E-state index contributed by atoms with van der Waals surface area (Å²) in [5, 5.41) is 88.3. The van der Waals surface area contributed by atoms with E-state index in [2.05, 4.69) is 120 Å². The molecule has 44 heteroatoms. The molecule has 41 nitrogen and oxygen atoms in total. The Morgan fingerprint density at radius 2 is 0.798 bits per heavy atom. The maximum absolute atomic E-state index is 15.1. The van der Waals surface area contributed by atoms with E-state index in [9.17, 15) is 92.3 Å². The van der Waals surface area contributed by atoms with Crippen LogP contribution in [0.4, 0.5) is 0 Å². The number of hydrogen-bond donors (Lipinski definition) is 27. The lowest BCUT2D eigenvalue weighted by atomic mass is 10.00. The summed E-state index contributed by atoms with van der Waals surface area (Å²) in [5.74, 6) is -18.1. The molecule has 3 heterocycles. The van der Waals surface area contributed by atoms with E-state index in [0.717, 1.165) is 10.9 Å². The molecule has 7 aromatic rings. The fourth-order valence-electron chi connectivity index (χ4n) is 13.8. The largest absolute Gasteiger partial charge is 0.508 e. The van der Waals surface area contributed by atoms with Crippen molar-refractivity contribution in [2.75, 3.05) is 49.8 Å². The third kappa shape index (κ3) is 32.4. The minimum absolute atomic E-state index is 0.0289. The standard InChI is InChI=1S/C85H115N21O20S3/c1-43(2)28-59(76(117)106-68(42-128)83(124)101-62(79(120)103-65(84(125)126)29-44(3)4)32-48-37-91-55-18-11-8-15-52(48)55)97-72(113)45(5)94-82(123)67(41-127)105-81(122)64(34-71(111)112)102-74(115)57(20-13-26-89-85(87)88)96-70(110)39-93-73(114)66(40-107)104-80(121)63(33-49-38-92-56-19-12-9-16-53(49)56)100-77(118)60(30-46-21-23-50(108)24-22-46)98-78(119)61(31-47-36-90-54-17-10-7-14-51(47)54)99-75(116)58(25-27-129-6)95-69(109)35-86/h7-12,14-19,21-24,36-38,43-45,57-68,90-92,107-108,127-128H,13,20,25-35,39-42,86H2,1-6H3,(H,93,114)(H,94,123)(H,95,109)(H,96,110)(H,97,113)(H,98,119)(H,99,116)(H,100,118)(H,101,124)(H,102,115)(H,103,120)(H,104,121)(H,105,122)(H,106,117)(H,111,112)(H,125,126)(H4,87,88,89)/t45-,57-,58-,59-,60-,61-,62-,63-,64-,65-,66-,67-,68-/m0/s1. The van der Waals surface area contributed by atoms with E-state index < -0.39 is 211 Å². The number of guanidine groups is 1. The maximum Gasteiger partial charge on any atom is 0.326 e. The van der Waals surface area contributed by atoms with Gasteiger partial charge in [0.05, 0.1) is 26.1 Å². The SMILES string of the molecule is CSCC[C@H](NC(=O)CN)C(=O)N[C@@H](Cc1c[nH]c2ccccc12)C(=O)N[C@@H](Cc1ccc(O)cc1)C(=O)N[C@@H](Cc1c[nH]c2ccccc12)C(=O)N[C@@H](CO)C(=O)NCC(=O)N[C@@H](CCCNC(=N)N)C(=O)N[C@@H](CC(=O)O)C(=O)N[C@@H](CS)C(=O)N[C@@H](C)C(=O)N[C@@H](CC(C)C)C(=O)N[C@@H](CS)C(=O)N[C@@H](Cc1c[nH]c2ccccc12)C(=O)N[C@@H](CC(C)C)C(=O)O. The summed E-state index contributed by atoms with van der Waals surface area (Å²) in [6.07, 6.45) is 4.50. The molecule has 698 valence electrons. The number of carbonyl (C=O) groups excluding carboxylic acids is 14.